The Kier molecular flexibility index (Phi) is 3.53. The Morgan fingerprint density at radius 2 is 2.00 bits per heavy atom. The zero-order chi connectivity index (χ0) is 21.7. The maximum absolute atomic E-state index is 14.3. The second-order valence-corrected chi connectivity index (χ2v) is 8.47. The fourth-order valence-corrected chi connectivity index (χ4v) is 5.39. The Hall–Kier alpha value is -3.26. The van der Waals surface area contributed by atoms with Crippen molar-refractivity contribution in [2.45, 2.75) is 51.5 Å². The number of aromatic nitrogens is 2. The summed E-state index contributed by atoms with van der Waals surface area (Å²) in [7, 11) is 0. The average Bonchev–Trinajstić information content (AvgIpc) is 3.15. The van der Waals surface area contributed by atoms with Crippen molar-refractivity contribution in [1.82, 2.24) is 9.13 Å². The number of carbonyl (C=O) groups excluding carboxylic acids is 1. The first kappa shape index (κ1) is 18.5. The smallest absolute Gasteiger partial charge is 0.343 e. The van der Waals surface area contributed by atoms with Crippen LogP contribution in [0.2, 0.25) is 0 Å². The molecule has 0 spiro atoms. The van der Waals surface area contributed by atoms with Crippen LogP contribution in [-0.4, -0.2) is 20.2 Å². The van der Waals surface area contributed by atoms with E-state index in [9.17, 15) is 23.9 Å². The highest BCUT2D eigenvalue weighted by atomic mass is 19.1. The third kappa shape index (κ3) is 2.18. The topological polar surface area (TPSA) is 90.5 Å². The quantitative estimate of drug-likeness (QED) is 0.474. The Balaban J connectivity index is 1.73. The third-order valence-corrected chi connectivity index (χ3v) is 6.94. The molecule has 0 aliphatic carbocycles. The van der Waals surface area contributed by atoms with Crippen LogP contribution < -0.4 is 11.0 Å². The summed E-state index contributed by atoms with van der Waals surface area (Å²) in [5.74, 6) is -1.26. The van der Waals surface area contributed by atoms with Crippen LogP contribution >= 0.6 is 0 Å². The molecule has 0 unspecified atom stereocenters. The van der Waals surface area contributed by atoms with Crippen LogP contribution in [0, 0.1) is 5.82 Å². The van der Waals surface area contributed by atoms with Crippen LogP contribution in [0.25, 0.3) is 22.2 Å². The minimum absolute atomic E-state index is 0.0328. The van der Waals surface area contributed by atoms with Gasteiger partial charge in [-0.05, 0) is 43.0 Å². The standard InChI is InChI=1S/C23H19FN2O5/c1-2-23(30)15-8-16-18-17(9-26(16)21(28)14(15)10-31-22(23)29)25-5-3-4-11-6-12(24)7-13(19(11)25)20(18)27/h6-8,30H,2-5,9-10H2,1H3/t23-/m0/s1. The van der Waals surface area contributed by atoms with E-state index in [0.717, 1.165) is 17.5 Å². The molecule has 158 valence electrons. The van der Waals surface area contributed by atoms with E-state index >= 15 is 0 Å². The van der Waals surface area contributed by atoms with Gasteiger partial charge in [0.2, 0.25) is 0 Å². The van der Waals surface area contributed by atoms with E-state index in [-0.39, 0.29) is 47.1 Å². The minimum atomic E-state index is -1.94. The van der Waals surface area contributed by atoms with E-state index in [1.54, 1.807) is 13.0 Å². The van der Waals surface area contributed by atoms with E-state index in [0.29, 0.717) is 29.9 Å². The SMILES string of the molecule is CC[C@@]1(O)C(=O)OCc2c1cc1n(c2=O)Cc2c-1c(=O)c1cc(F)cc3c1n2CCC3. The molecule has 8 heteroatoms. The Bertz CT molecular complexity index is 1470. The molecule has 1 atom stereocenters. The number of aliphatic hydroxyl groups is 1. The number of pyridine rings is 2. The lowest BCUT2D eigenvalue weighted by molar-refractivity contribution is -0.172. The largest absolute Gasteiger partial charge is 0.458 e. The van der Waals surface area contributed by atoms with Gasteiger partial charge < -0.3 is 19.0 Å². The summed E-state index contributed by atoms with van der Waals surface area (Å²) < 4.78 is 22.9. The van der Waals surface area contributed by atoms with Crippen molar-refractivity contribution in [3.8, 4) is 11.3 Å². The number of cyclic esters (lactones) is 1. The third-order valence-electron chi connectivity index (χ3n) is 6.94. The molecule has 0 bridgehead atoms. The summed E-state index contributed by atoms with van der Waals surface area (Å²) in [6.45, 7) is 2.29. The van der Waals surface area contributed by atoms with Gasteiger partial charge in [-0.15, -0.1) is 0 Å². The number of halogens is 1. The number of hydrogen-bond donors (Lipinski definition) is 1. The van der Waals surface area contributed by atoms with Crippen LogP contribution in [-0.2, 0) is 41.2 Å². The lowest BCUT2D eigenvalue weighted by atomic mass is 9.85. The van der Waals surface area contributed by atoms with Crippen molar-refractivity contribution in [3.05, 3.63) is 67.0 Å². The van der Waals surface area contributed by atoms with E-state index in [1.165, 1.54) is 16.7 Å². The summed E-state index contributed by atoms with van der Waals surface area (Å²) in [4.78, 5) is 39.1. The van der Waals surface area contributed by atoms with Crippen molar-refractivity contribution in [2.24, 2.45) is 0 Å². The number of rotatable bonds is 1. The first-order valence-corrected chi connectivity index (χ1v) is 10.4. The predicted molar refractivity (Wildman–Crippen MR) is 109 cm³/mol. The van der Waals surface area contributed by atoms with Crippen LogP contribution in [0.3, 0.4) is 0 Å². The normalized spacial score (nSPS) is 20.9. The summed E-state index contributed by atoms with van der Waals surface area (Å²) in [6.07, 6.45) is 1.53. The van der Waals surface area contributed by atoms with Gasteiger partial charge >= 0.3 is 5.97 Å². The van der Waals surface area contributed by atoms with Crippen molar-refractivity contribution >= 4 is 16.9 Å². The summed E-state index contributed by atoms with van der Waals surface area (Å²) in [6, 6.07) is 4.29. The lowest BCUT2D eigenvalue weighted by Gasteiger charge is -2.31. The van der Waals surface area contributed by atoms with Gasteiger partial charge in [-0.3, -0.25) is 9.59 Å². The maximum Gasteiger partial charge on any atom is 0.343 e. The van der Waals surface area contributed by atoms with Crippen LogP contribution in [0.15, 0.2) is 27.8 Å². The zero-order valence-electron chi connectivity index (χ0n) is 16.8. The number of esters is 1. The van der Waals surface area contributed by atoms with E-state index in [1.807, 2.05) is 4.57 Å². The molecule has 31 heavy (non-hydrogen) atoms. The molecule has 7 nitrogen and oxygen atoms in total. The van der Waals surface area contributed by atoms with Crippen LogP contribution in [0.5, 0.6) is 0 Å². The molecule has 1 N–H and O–H groups in total. The van der Waals surface area contributed by atoms with Gasteiger partial charge in [0.05, 0.1) is 34.6 Å². The van der Waals surface area contributed by atoms with Crippen molar-refractivity contribution in [2.75, 3.05) is 0 Å². The van der Waals surface area contributed by atoms with Crippen molar-refractivity contribution in [3.63, 3.8) is 0 Å². The highest BCUT2D eigenvalue weighted by Gasteiger charge is 2.45. The predicted octanol–water partition coefficient (Wildman–Crippen LogP) is 1.93. The lowest BCUT2D eigenvalue weighted by Crippen LogP contribution is -2.44. The minimum Gasteiger partial charge on any atom is -0.458 e. The molecular weight excluding hydrogens is 403 g/mol. The maximum atomic E-state index is 14.3. The van der Waals surface area contributed by atoms with Gasteiger partial charge in [0.15, 0.2) is 11.0 Å². The Labute approximate surface area is 175 Å². The molecule has 3 aliphatic heterocycles. The van der Waals surface area contributed by atoms with Gasteiger partial charge in [0.1, 0.15) is 12.4 Å². The van der Waals surface area contributed by atoms with Gasteiger partial charge in [-0.2, -0.15) is 0 Å². The van der Waals surface area contributed by atoms with E-state index in [4.69, 9.17) is 4.74 Å². The molecule has 0 saturated heterocycles. The van der Waals surface area contributed by atoms with E-state index in [2.05, 4.69) is 0 Å². The Morgan fingerprint density at radius 3 is 2.77 bits per heavy atom. The van der Waals surface area contributed by atoms with Crippen LogP contribution in [0.4, 0.5) is 4.39 Å². The molecule has 1 aromatic carbocycles. The van der Waals surface area contributed by atoms with Crippen molar-refractivity contribution in [1.29, 1.82) is 0 Å². The van der Waals surface area contributed by atoms with Crippen molar-refractivity contribution < 1.29 is 19.0 Å². The number of hydrogen-bond acceptors (Lipinski definition) is 5. The number of ether oxygens (including phenoxy) is 1. The monoisotopic (exact) mass is 422 g/mol. The summed E-state index contributed by atoms with van der Waals surface area (Å²) in [5.41, 5.74) is 0.665. The molecule has 0 amide bonds. The fourth-order valence-electron chi connectivity index (χ4n) is 5.39. The molecule has 6 rings (SSSR count). The average molecular weight is 422 g/mol. The zero-order valence-corrected chi connectivity index (χ0v) is 16.8. The molecule has 5 heterocycles. The highest BCUT2D eigenvalue weighted by Crippen LogP contribution is 2.39. The van der Waals surface area contributed by atoms with Gasteiger partial charge in [-0.1, -0.05) is 6.92 Å². The number of carbonyl (C=O) groups is 1. The second-order valence-electron chi connectivity index (χ2n) is 8.47. The first-order chi connectivity index (χ1) is 14.8. The van der Waals surface area contributed by atoms with Gasteiger partial charge in [0.25, 0.3) is 5.56 Å². The van der Waals surface area contributed by atoms with E-state index < -0.39 is 17.4 Å². The molecular formula is C23H19FN2O5. The number of nitrogens with zero attached hydrogens (tertiary/aromatic N) is 2. The highest BCUT2D eigenvalue weighted by molar-refractivity contribution is 5.89. The molecule has 0 fully saturated rings. The summed E-state index contributed by atoms with van der Waals surface area (Å²) in [5, 5.41) is 11.3. The first-order valence-electron chi connectivity index (χ1n) is 10.4. The number of aryl methyl sites for hydroxylation is 2. The fraction of sp³-hybridized carbons (Fsp3) is 0.348. The van der Waals surface area contributed by atoms with Gasteiger partial charge in [0, 0.05) is 17.5 Å². The van der Waals surface area contributed by atoms with Gasteiger partial charge in [-0.25, -0.2) is 9.18 Å². The van der Waals surface area contributed by atoms with Crippen LogP contribution in [0.1, 0.15) is 42.1 Å². The number of fused-ring (bicyclic) bond motifs is 5. The molecule has 0 saturated carbocycles. The second kappa shape index (κ2) is 5.91. The molecule has 3 aromatic rings. The number of benzene rings is 1. The summed E-state index contributed by atoms with van der Waals surface area (Å²) >= 11 is 0. The molecule has 0 radical (unpaired) electrons. The Morgan fingerprint density at radius 1 is 1.19 bits per heavy atom. The molecule has 3 aliphatic rings. The molecule has 2 aromatic heterocycles.